The molecule has 1 atom stereocenters. The Hall–Kier alpha value is -2.36. The molecule has 0 aliphatic rings. The quantitative estimate of drug-likeness (QED) is 0.499. The first kappa shape index (κ1) is 16.7. The van der Waals surface area contributed by atoms with Crippen molar-refractivity contribution in [1.29, 1.82) is 0 Å². The van der Waals surface area contributed by atoms with Gasteiger partial charge in [0, 0.05) is 6.07 Å². The van der Waals surface area contributed by atoms with Gasteiger partial charge in [0.15, 0.2) is 6.61 Å². The van der Waals surface area contributed by atoms with E-state index in [-0.39, 0.29) is 6.61 Å². The Balaban J connectivity index is 2.67. The van der Waals surface area contributed by atoms with Gasteiger partial charge >= 0.3 is 0 Å². The average molecular weight is 290 g/mol. The predicted octanol–water partition coefficient (Wildman–Crippen LogP) is 4.40. The molecular weight excluding hydrogens is 268 g/mol. The molecule has 0 heterocycles. The monoisotopic (exact) mass is 290 g/mol. The minimum absolute atomic E-state index is 0.286. The van der Waals surface area contributed by atoms with E-state index < -0.39 is 6.29 Å². The summed E-state index contributed by atoms with van der Waals surface area (Å²) in [4.78, 5) is 0. The Kier molecular flexibility index (Phi) is 8.29. The van der Waals surface area contributed by atoms with E-state index >= 15 is 0 Å². The lowest BCUT2D eigenvalue weighted by Crippen LogP contribution is -2.23. The molecule has 0 fully saturated rings. The molecule has 1 aromatic carbocycles. The second-order valence-electron chi connectivity index (χ2n) is 4.02. The second-order valence-corrected chi connectivity index (χ2v) is 4.02. The van der Waals surface area contributed by atoms with Crippen LogP contribution in [0.15, 0.2) is 61.3 Å². The van der Waals surface area contributed by atoms with Gasteiger partial charge in [-0.05, 0) is 32.9 Å². The van der Waals surface area contributed by atoms with Gasteiger partial charge in [0.25, 0.3) is 6.29 Å². The molecule has 1 unspecified atom stereocenters. The Labute approximate surface area is 126 Å². The molecule has 4 heteroatoms. The van der Waals surface area contributed by atoms with Gasteiger partial charge in [-0.15, -0.1) is 0 Å². The Bertz CT molecular complexity index is 477. The molecule has 0 saturated carbocycles. The maximum absolute atomic E-state index is 5.75. The van der Waals surface area contributed by atoms with E-state index in [0.717, 1.165) is 0 Å². The van der Waals surface area contributed by atoms with Crippen LogP contribution in [0.1, 0.15) is 20.8 Å². The maximum Gasteiger partial charge on any atom is 0.274 e. The summed E-state index contributed by atoms with van der Waals surface area (Å²) < 4.78 is 21.9. The smallest absolute Gasteiger partial charge is 0.274 e. The molecular formula is C17H22O4. The average Bonchev–Trinajstić information content (AvgIpc) is 2.51. The highest BCUT2D eigenvalue weighted by atomic mass is 16.7. The summed E-state index contributed by atoms with van der Waals surface area (Å²) in [5.74, 6) is 1.35. The lowest BCUT2D eigenvalue weighted by molar-refractivity contribution is -0.0675. The standard InChI is InChI=1S/C17H22O4/c1-4-10-18-14-17(20-12-6-3)21-16-9-7-8-15(13-16)19-11-5-2/h4-13,17H,14H2,1-3H3. The number of benzene rings is 1. The lowest BCUT2D eigenvalue weighted by Gasteiger charge is -2.18. The Morgan fingerprint density at radius 2 is 1.67 bits per heavy atom. The van der Waals surface area contributed by atoms with Gasteiger partial charge in [0.05, 0.1) is 18.8 Å². The molecule has 0 amide bonds. The van der Waals surface area contributed by atoms with Crippen molar-refractivity contribution in [2.45, 2.75) is 27.1 Å². The van der Waals surface area contributed by atoms with Gasteiger partial charge in [0.1, 0.15) is 11.5 Å². The molecule has 1 aromatic rings. The number of ether oxygens (including phenoxy) is 4. The normalized spacial score (nSPS) is 12.9. The zero-order chi connectivity index (χ0) is 15.3. The number of hydrogen-bond donors (Lipinski definition) is 0. The fourth-order valence-electron chi connectivity index (χ4n) is 1.42. The molecule has 0 N–H and O–H groups in total. The number of allylic oxidation sites excluding steroid dienone is 3. The minimum atomic E-state index is -0.533. The molecule has 21 heavy (non-hydrogen) atoms. The summed E-state index contributed by atoms with van der Waals surface area (Å²) in [6.45, 7) is 5.93. The summed E-state index contributed by atoms with van der Waals surface area (Å²) in [6, 6.07) is 7.34. The fourth-order valence-corrected chi connectivity index (χ4v) is 1.42. The summed E-state index contributed by atoms with van der Waals surface area (Å²) >= 11 is 0. The Morgan fingerprint density at radius 1 is 0.952 bits per heavy atom. The molecule has 4 nitrogen and oxygen atoms in total. The highest BCUT2D eigenvalue weighted by Gasteiger charge is 2.11. The van der Waals surface area contributed by atoms with Crippen LogP contribution in [-0.4, -0.2) is 12.9 Å². The van der Waals surface area contributed by atoms with E-state index in [4.69, 9.17) is 18.9 Å². The lowest BCUT2D eigenvalue weighted by atomic mass is 10.3. The van der Waals surface area contributed by atoms with E-state index in [1.807, 2.05) is 45.0 Å². The van der Waals surface area contributed by atoms with Crippen LogP contribution in [0.2, 0.25) is 0 Å². The van der Waals surface area contributed by atoms with E-state index in [9.17, 15) is 0 Å². The van der Waals surface area contributed by atoms with E-state index in [1.54, 1.807) is 37.0 Å². The first-order valence-electron chi connectivity index (χ1n) is 6.84. The van der Waals surface area contributed by atoms with Gasteiger partial charge < -0.3 is 18.9 Å². The third kappa shape index (κ3) is 7.11. The van der Waals surface area contributed by atoms with Gasteiger partial charge in [-0.3, -0.25) is 0 Å². The number of rotatable bonds is 9. The molecule has 0 aliphatic carbocycles. The zero-order valence-corrected chi connectivity index (χ0v) is 12.7. The first-order valence-corrected chi connectivity index (χ1v) is 6.84. The minimum Gasteiger partial charge on any atom is -0.494 e. The van der Waals surface area contributed by atoms with Crippen LogP contribution in [0.3, 0.4) is 0 Å². The maximum atomic E-state index is 5.75. The second kappa shape index (κ2) is 10.4. The van der Waals surface area contributed by atoms with Gasteiger partial charge in [-0.2, -0.15) is 0 Å². The summed E-state index contributed by atoms with van der Waals surface area (Å²) in [7, 11) is 0. The van der Waals surface area contributed by atoms with E-state index in [2.05, 4.69) is 0 Å². The molecule has 1 rings (SSSR count). The van der Waals surface area contributed by atoms with Crippen LogP contribution in [0.5, 0.6) is 11.5 Å². The van der Waals surface area contributed by atoms with Crippen LogP contribution in [0.4, 0.5) is 0 Å². The highest BCUT2D eigenvalue weighted by Crippen LogP contribution is 2.21. The summed E-state index contributed by atoms with van der Waals surface area (Å²) in [6.07, 6.45) is 9.66. The summed E-state index contributed by atoms with van der Waals surface area (Å²) in [5.41, 5.74) is 0. The van der Waals surface area contributed by atoms with Crippen molar-refractivity contribution in [3.8, 4) is 11.5 Å². The predicted molar refractivity (Wildman–Crippen MR) is 83.0 cm³/mol. The third-order valence-electron chi connectivity index (χ3n) is 2.24. The van der Waals surface area contributed by atoms with Crippen LogP contribution < -0.4 is 9.47 Å². The SMILES string of the molecule is CC=COCC(OC=CC)Oc1cccc(OC=CC)c1. The van der Waals surface area contributed by atoms with Gasteiger partial charge in [0.2, 0.25) is 0 Å². The van der Waals surface area contributed by atoms with Crippen LogP contribution >= 0.6 is 0 Å². The zero-order valence-electron chi connectivity index (χ0n) is 12.7. The largest absolute Gasteiger partial charge is 0.494 e. The third-order valence-corrected chi connectivity index (χ3v) is 2.24. The first-order chi connectivity index (χ1) is 10.3. The van der Waals surface area contributed by atoms with Crippen molar-refractivity contribution in [1.82, 2.24) is 0 Å². The van der Waals surface area contributed by atoms with Crippen LogP contribution in [0.25, 0.3) is 0 Å². The van der Waals surface area contributed by atoms with Crippen molar-refractivity contribution in [3.63, 3.8) is 0 Å². The molecule has 0 aromatic heterocycles. The molecule has 114 valence electrons. The van der Waals surface area contributed by atoms with Crippen LogP contribution in [0, 0.1) is 0 Å². The topological polar surface area (TPSA) is 36.9 Å². The molecule has 0 bridgehead atoms. The van der Waals surface area contributed by atoms with Crippen LogP contribution in [-0.2, 0) is 9.47 Å². The molecule has 0 aliphatic heterocycles. The van der Waals surface area contributed by atoms with Gasteiger partial charge in [-0.1, -0.05) is 24.3 Å². The molecule has 0 spiro atoms. The Morgan fingerprint density at radius 3 is 2.38 bits per heavy atom. The van der Waals surface area contributed by atoms with Crippen molar-refractivity contribution >= 4 is 0 Å². The van der Waals surface area contributed by atoms with Crippen molar-refractivity contribution in [2.24, 2.45) is 0 Å². The molecule has 0 radical (unpaired) electrons. The molecule has 0 saturated heterocycles. The van der Waals surface area contributed by atoms with Gasteiger partial charge in [-0.25, -0.2) is 0 Å². The van der Waals surface area contributed by atoms with E-state index in [0.29, 0.717) is 11.5 Å². The fraction of sp³-hybridized carbons (Fsp3) is 0.294. The van der Waals surface area contributed by atoms with Crippen molar-refractivity contribution < 1.29 is 18.9 Å². The summed E-state index contributed by atoms with van der Waals surface area (Å²) in [5, 5.41) is 0. The van der Waals surface area contributed by atoms with Crippen molar-refractivity contribution in [3.05, 3.63) is 61.3 Å². The van der Waals surface area contributed by atoms with Crippen molar-refractivity contribution in [2.75, 3.05) is 6.61 Å². The van der Waals surface area contributed by atoms with E-state index in [1.165, 1.54) is 0 Å². The highest BCUT2D eigenvalue weighted by molar-refractivity contribution is 5.33. The number of hydrogen-bond acceptors (Lipinski definition) is 4.